The van der Waals surface area contributed by atoms with Crippen LogP contribution in [0, 0.1) is 0 Å². The van der Waals surface area contributed by atoms with E-state index in [1.807, 2.05) is 0 Å². The molecule has 14 heavy (non-hydrogen) atoms. The molecule has 0 aromatic rings. The molecule has 0 spiro atoms. The third kappa shape index (κ3) is 2.59. The Hall–Kier alpha value is -0.320. The zero-order chi connectivity index (χ0) is 11.4. The third-order valence-electron chi connectivity index (χ3n) is 1.32. The summed E-state index contributed by atoms with van der Waals surface area (Å²) in [6.07, 6.45) is 0. The first kappa shape index (κ1) is 13.7. The quantitative estimate of drug-likeness (QED) is 0.332. The van der Waals surface area contributed by atoms with Gasteiger partial charge in [-0.05, 0) is 0 Å². The van der Waals surface area contributed by atoms with E-state index in [1.54, 1.807) is 0 Å². The van der Waals surface area contributed by atoms with E-state index < -0.39 is 20.4 Å². The maximum Gasteiger partial charge on any atom is 0.486 e. The molecule has 1 atom stereocenters. The summed E-state index contributed by atoms with van der Waals surface area (Å²) >= 11 is 0. The molecule has 0 aliphatic rings. The molecule has 0 bridgehead atoms. The van der Waals surface area contributed by atoms with E-state index in [0.717, 1.165) is 21.3 Å². The lowest BCUT2D eigenvalue weighted by Gasteiger charge is -2.10. The van der Waals surface area contributed by atoms with Crippen molar-refractivity contribution >= 4 is 20.4 Å². The van der Waals surface area contributed by atoms with Crippen molar-refractivity contribution in [1.82, 2.24) is 0 Å². The molecule has 0 aliphatic carbocycles. The maximum atomic E-state index is 11.5. The Kier molecular flexibility index (Phi) is 4.84. The van der Waals surface area contributed by atoms with Crippen LogP contribution in [0.3, 0.4) is 0 Å². The van der Waals surface area contributed by atoms with Gasteiger partial charge in [0, 0.05) is 21.3 Å². The van der Waals surface area contributed by atoms with Crippen molar-refractivity contribution in [3.8, 4) is 0 Å². The molecule has 0 rings (SSSR count). The van der Waals surface area contributed by atoms with Crippen LogP contribution in [0.15, 0.2) is 0 Å². The van der Waals surface area contributed by atoms with E-state index >= 15 is 0 Å². The molecule has 8 nitrogen and oxygen atoms in total. The Morgan fingerprint density at radius 3 is 1.86 bits per heavy atom. The molecule has 0 radical (unpaired) electrons. The van der Waals surface area contributed by atoms with Gasteiger partial charge in [0.15, 0.2) is 0 Å². The average molecular weight is 244 g/mol. The summed E-state index contributed by atoms with van der Waals surface area (Å²) < 4.78 is 35.6. The van der Waals surface area contributed by atoms with Gasteiger partial charge in [0.05, 0.1) is 0 Å². The van der Waals surface area contributed by atoms with Crippen LogP contribution < -0.4 is 0 Å². The largest absolute Gasteiger partial charge is 0.486 e. The van der Waals surface area contributed by atoms with Crippen molar-refractivity contribution in [2.24, 2.45) is 0 Å². The van der Waals surface area contributed by atoms with Crippen LogP contribution in [0.2, 0.25) is 0 Å². The first-order valence-corrected chi connectivity index (χ1v) is 6.33. The van der Waals surface area contributed by atoms with Crippen molar-refractivity contribution in [3.63, 3.8) is 0 Å². The zero-order valence-corrected chi connectivity index (χ0v) is 9.57. The van der Waals surface area contributed by atoms with Gasteiger partial charge in [-0.2, -0.15) is 0 Å². The van der Waals surface area contributed by atoms with Gasteiger partial charge in [-0.25, -0.2) is 9.13 Å². The van der Waals surface area contributed by atoms with Crippen molar-refractivity contribution in [2.75, 3.05) is 21.3 Å². The molecular weight excluding hydrogens is 234 g/mol. The average Bonchev–Trinajstić information content (AvgIpc) is 2.18. The van der Waals surface area contributed by atoms with Gasteiger partial charge < -0.3 is 24.0 Å². The second-order valence-electron chi connectivity index (χ2n) is 1.97. The van der Waals surface area contributed by atoms with Gasteiger partial charge in [-0.1, -0.05) is 0 Å². The van der Waals surface area contributed by atoms with E-state index in [4.69, 9.17) is 10.4 Å². The summed E-state index contributed by atoms with van der Waals surface area (Å²) in [5.74, 6) is 0. The fourth-order valence-electron chi connectivity index (χ4n) is 0.586. The van der Waals surface area contributed by atoms with E-state index in [-0.39, 0.29) is 0 Å². The number of hydrogen-bond acceptors (Lipinski definition) is 5. The highest BCUT2D eigenvalue weighted by molar-refractivity contribution is 7.97. The monoisotopic (exact) mass is 244 g/mol. The highest BCUT2D eigenvalue weighted by atomic mass is 31.2. The Labute approximate surface area is 80.5 Å². The predicted octanol–water partition coefficient (Wildman–Crippen LogP) is 0.890. The molecule has 0 saturated carbocycles. The molecule has 0 aliphatic heterocycles. The molecule has 0 fully saturated rings. The van der Waals surface area contributed by atoms with E-state index in [2.05, 4.69) is 18.4 Å². The molecule has 82 valence electrons. The Morgan fingerprint density at radius 1 is 1.21 bits per heavy atom. The minimum absolute atomic E-state index is 0.890. The van der Waals surface area contributed by atoms with E-state index in [1.165, 1.54) is 0 Å². The lowest BCUT2D eigenvalue weighted by Crippen LogP contribution is -2.07. The fourth-order valence-corrected chi connectivity index (χ4v) is 3.42. The Bertz CT molecular complexity index is 340. The molecule has 0 heterocycles. The molecule has 1 unspecified atom stereocenters. The van der Waals surface area contributed by atoms with Crippen molar-refractivity contribution in [2.45, 2.75) is 0 Å². The van der Waals surface area contributed by atoms with Gasteiger partial charge in [0.25, 0.3) is 0 Å². The highest BCUT2D eigenvalue weighted by Crippen LogP contribution is 2.61. The normalized spacial score (nSPS) is 15.7. The van der Waals surface area contributed by atoms with E-state index in [9.17, 15) is 9.13 Å². The Morgan fingerprint density at radius 2 is 1.64 bits per heavy atom. The van der Waals surface area contributed by atoms with Crippen LogP contribution in [0.5, 0.6) is 0 Å². The second kappa shape index (κ2) is 4.96. The SMILES string of the molecule is COP(=O)(O)C(=[N+]=[N-])P(=O)(OC)OC. The van der Waals surface area contributed by atoms with Crippen LogP contribution in [0.4, 0.5) is 0 Å². The first-order chi connectivity index (χ1) is 6.37. The van der Waals surface area contributed by atoms with Crippen LogP contribution in [0.25, 0.3) is 5.53 Å². The number of hydrogen-bond donors (Lipinski definition) is 1. The first-order valence-electron chi connectivity index (χ1n) is 3.21. The topological polar surface area (TPSA) is 118 Å². The molecular formula is C4H10N2O6P2. The molecule has 1 N–H and O–H groups in total. The zero-order valence-electron chi connectivity index (χ0n) is 7.78. The van der Waals surface area contributed by atoms with Crippen molar-refractivity contribution in [1.29, 1.82) is 0 Å². The van der Waals surface area contributed by atoms with Crippen LogP contribution in [-0.2, 0) is 22.7 Å². The number of rotatable bonds is 5. The standard InChI is InChI=1S/C4H10N2O6P2/c1-10-13(7,8)4(6-5)14(9,11-2)12-3/h1-3H3,(H,7,8). The predicted molar refractivity (Wildman–Crippen MR) is 47.1 cm³/mol. The maximum absolute atomic E-state index is 11.5. The summed E-state index contributed by atoms with van der Waals surface area (Å²) in [4.78, 5) is 11.5. The Balaban J connectivity index is 5.44. The molecule has 0 amide bonds. The van der Waals surface area contributed by atoms with Crippen LogP contribution in [-0.4, -0.2) is 36.2 Å². The summed E-state index contributed by atoms with van der Waals surface area (Å²) in [6, 6.07) is 0. The van der Waals surface area contributed by atoms with E-state index in [0.29, 0.717) is 0 Å². The van der Waals surface area contributed by atoms with Gasteiger partial charge in [-0.15, -0.1) is 4.79 Å². The van der Waals surface area contributed by atoms with Crippen molar-refractivity contribution < 1.29 is 32.4 Å². The summed E-state index contributed by atoms with van der Waals surface area (Å²) in [7, 11) is -5.67. The molecule has 10 heteroatoms. The van der Waals surface area contributed by atoms with Gasteiger partial charge in [0.1, 0.15) is 0 Å². The molecule has 0 saturated heterocycles. The lowest BCUT2D eigenvalue weighted by atomic mass is 11.7. The highest BCUT2D eigenvalue weighted by Gasteiger charge is 2.52. The van der Waals surface area contributed by atoms with Gasteiger partial charge in [-0.3, -0.25) is 0 Å². The van der Waals surface area contributed by atoms with Gasteiger partial charge in [0.2, 0.25) is 0 Å². The minimum Gasteiger partial charge on any atom is -0.360 e. The number of nitrogens with zero attached hydrogens (tertiary/aromatic N) is 2. The van der Waals surface area contributed by atoms with Gasteiger partial charge >= 0.3 is 20.4 Å². The summed E-state index contributed by atoms with van der Waals surface area (Å²) in [5, 5.41) is -1.06. The fraction of sp³-hybridized carbons (Fsp3) is 0.750. The van der Waals surface area contributed by atoms with Crippen LogP contribution in [0.1, 0.15) is 0 Å². The molecule has 0 aromatic heterocycles. The van der Waals surface area contributed by atoms with Crippen LogP contribution >= 0.6 is 15.2 Å². The van der Waals surface area contributed by atoms with Crippen molar-refractivity contribution in [3.05, 3.63) is 5.53 Å². The minimum atomic E-state index is -4.45. The summed E-state index contributed by atoms with van der Waals surface area (Å²) in [5.41, 5.74) is 8.43. The third-order valence-corrected chi connectivity index (χ3v) is 5.44. The lowest BCUT2D eigenvalue weighted by molar-refractivity contribution is -0.00114. The second-order valence-corrected chi connectivity index (χ2v) is 6.30. The summed E-state index contributed by atoms with van der Waals surface area (Å²) in [6.45, 7) is 0. The molecule has 0 aromatic carbocycles. The smallest absolute Gasteiger partial charge is 0.360 e.